The lowest BCUT2D eigenvalue weighted by molar-refractivity contribution is -0.146. The molecule has 0 spiro atoms. The summed E-state index contributed by atoms with van der Waals surface area (Å²) in [5.74, 6) is -1.20. The molecule has 2 N–H and O–H groups in total. The highest BCUT2D eigenvalue weighted by atomic mass is 19.1. The van der Waals surface area contributed by atoms with E-state index in [9.17, 15) is 18.4 Å². The van der Waals surface area contributed by atoms with Crippen LogP contribution in [0.1, 0.15) is 25.7 Å². The molecule has 0 rings (SSSR count). The van der Waals surface area contributed by atoms with Crippen LogP contribution in [0.3, 0.4) is 0 Å². The fourth-order valence-electron chi connectivity index (χ4n) is 1.04. The largest absolute Gasteiger partial charge is 0.466 e. The molecule has 0 fully saturated rings. The molecule has 0 heterocycles. The summed E-state index contributed by atoms with van der Waals surface area (Å²) in [6.07, 6.45) is 0.335. The van der Waals surface area contributed by atoms with Crippen LogP contribution in [0.2, 0.25) is 0 Å². The number of nitrogens with two attached hydrogens (primary N) is 1. The standard InChI is InChI=1S/C11H19F2NO4/c12-5-1-7-17-10(15)4-3-9(14)11(16)18-8-2-6-13/h9H,1-8,14H2/t9-/m0/s1. The maximum Gasteiger partial charge on any atom is 0.322 e. The first-order chi connectivity index (χ1) is 8.61. The molecule has 0 radical (unpaired) electrons. The summed E-state index contributed by atoms with van der Waals surface area (Å²) < 4.78 is 32.8. The number of carbonyl (C=O) groups is 2. The topological polar surface area (TPSA) is 78.6 Å². The highest BCUT2D eigenvalue weighted by molar-refractivity contribution is 5.77. The Bertz CT molecular complexity index is 251. The third kappa shape index (κ3) is 8.86. The molecule has 0 saturated carbocycles. The Labute approximate surface area is 105 Å². The van der Waals surface area contributed by atoms with Gasteiger partial charge in [-0.3, -0.25) is 18.4 Å². The quantitative estimate of drug-likeness (QED) is 0.470. The second kappa shape index (κ2) is 10.9. The Morgan fingerprint density at radius 3 is 2.17 bits per heavy atom. The number of hydrogen-bond acceptors (Lipinski definition) is 5. The minimum Gasteiger partial charge on any atom is -0.466 e. The van der Waals surface area contributed by atoms with Crippen LogP contribution < -0.4 is 5.73 Å². The van der Waals surface area contributed by atoms with Crippen molar-refractivity contribution in [2.75, 3.05) is 26.6 Å². The number of ether oxygens (including phenoxy) is 2. The number of carbonyl (C=O) groups excluding carboxylic acids is 2. The maximum absolute atomic E-state index is 11.7. The molecule has 0 aromatic heterocycles. The van der Waals surface area contributed by atoms with Gasteiger partial charge in [0.05, 0.1) is 26.6 Å². The predicted molar refractivity (Wildman–Crippen MR) is 60.3 cm³/mol. The van der Waals surface area contributed by atoms with Crippen LogP contribution in [0, 0.1) is 0 Å². The van der Waals surface area contributed by atoms with E-state index in [0.29, 0.717) is 0 Å². The molecule has 0 aromatic rings. The van der Waals surface area contributed by atoms with Crippen molar-refractivity contribution in [3.05, 3.63) is 0 Å². The van der Waals surface area contributed by atoms with E-state index >= 15 is 0 Å². The summed E-state index contributed by atoms with van der Waals surface area (Å²) in [4.78, 5) is 22.3. The highest BCUT2D eigenvalue weighted by Gasteiger charge is 2.16. The molecule has 18 heavy (non-hydrogen) atoms. The number of alkyl halides is 2. The van der Waals surface area contributed by atoms with Gasteiger partial charge in [0.2, 0.25) is 0 Å². The monoisotopic (exact) mass is 267 g/mol. The summed E-state index contributed by atoms with van der Waals surface area (Å²) in [5.41, 5.74) is 5.47. The Kier molecular flexibility index (Phi) is 10.1. The Morgan fingerprint density at radius 1 is 1.06 bits per heavy atom. The first-order valence-electron chi connectivity index (χ1n) is 5.81. The van der Waals surface area contributed by atoms with Crippen molar-refractivity contribution in [2.24, 2.45) is 5.73 Å². The lowest BCUT2D eigenvalue weighted by Crippen LogP contribution is -2.33. The van der Waals surface area contributed by atoms with Crippen LogP contribution in [0.25, 0.3) is 0 Å². The third-order valence-corrected chi connectivity index (χ3v) is 2.03. The number of hydrogen-bond donors (Lipinski definition) is 1. The molecule has 0 aliphatic heterocycles. The Morgan fingerprint density at radius 2 is 1.61 bits per heavy atom. The van der Waals surface area contributed by atoms with Crippen LogP contribution in [0.4, 0.5) is 8.78 Å². The van der Waals surface area contributed by atoms with E-state index in [4.69, 9.17) is 5.73 Å². The van der Waals surface area contributed by atoms with Gasteiger partial charge < -0.3 is 15.2 Å². The second-order valence-corrected chi connectivity index (χ2v) is 3.62. The molecule has 0 bridgehead atoms. The lowest BCUT2D eigenvalue weighted by Gasteiger charge is -2.10. The first kappa shape index (κ1) is 16.8. The van der Waals surface area contributed by atoms with Crippen molar-refractivity contribution in [3.8, 4) is 0 Å². The molecule has 0 aliphatic carbocycles. The van der Waals surface area contributed by atoms with Crippen LogP contribution in [0.5, 0.6) is 0 Å². The number of esters is 2. The van der Waals surface area contributed by atoms with Crippen LogP contribution in [-0.2, 0) is 19.1 Å². The molecule has 106 valence electrons. The third-order valence-electron chi connectivity index (χ3n) is 2.03. The van der Waals surface area contributed by atoms with Gasteiger partial charge in [-0.05, 0) is 6.42 Å². The average Bonchev–Trinajstić information content (AvgIpc) is 2.36. The average molecular weight is 267 g/mol. The summed E-state index contributed by atoms with van der Waals surface area (Å²) in [6, 6.07) is -0.932. The molecule has 0 amide bonds. The molecule has 7 heteroatoms. The van der Waals surface area contributed by atoms with E-state index in [-0.39, 0.29) is 38.9 Å². The van der Waals surface area contributed by atoms with Crippen LogP contribution in [-0.4, -0.2) is 44.5 Å². The maximum atomic E-state index is 11.7. The second-order valence-electron chi connectivity index (χ2n) is 3.62. The zero-order valence-electron chi connectivity index (χ0n) is 10.2. The highest BCUT2D eigenvalue weighted by Crippen LogP contribution is 2.00. The minimum atomic E-state index is -0.932. The first-order valence-corrected chi connectivity index (χ1v) is 5.81. The van der Waals surface area contributed by atoms with Crippen molar-refractivity contribution in [2.45, 2.75) is 31.7 Å². The van der Waals surface area contributed by atoms with E-state index in [1.165, 1.54) is 0 Å². The summed E-state index contributed by atoms with van der Waals surface area (Å²) >= 11 is 0. The molecule has 0 saturated heterocycles. The molecular formula is C11H19F2NO4. The molecular weight excluding hydrogens is 248 g/mol. The van der Waals surface area contributed by atoms with Gasteiger partial charge in [0.1, 0.15) is 6.04 Å². The Balaban J connectivity index is 3.64. The lowest BCUT2D eigenvalue weighted by atomic mass is 10.2. The fraction of sp³-hybridized carbons (Fsp3) is 0.818. The van der Waals surface area contributed by atoms with Crippen molar-refractivity contribution in [1.29, 1.82) is 0 Å². The van der Waals surface area contributed by atoms with Crippen molar-refractivity contribution >= 4 is 11.9 Å². The number of rotatable bonds is 10. The van der Waals surface area contributed by atoms with Gasteiger partial charge in [-0.1, -0.05) is 0 Å². The van der Waals surface area contributed by atoms with Crippen molar-refractivity contribution in [3.63, 3.8) is 0 Å². The van der Waals surface area contributed by atoms with Gasteiger partial charge in [-0.25, -0.2) is 0 Å². The summed E-state index contributed by atoms with van der Waals surface area (Å²) in [6.45, 7) is -1.12. The van der Waals surface area contributed by atoms with Gasteiger partial charge in [-0.2, -0.15) is 0 Å². The van der Waals surface area contributed by atoms with Crippen LogP contribution in [0.15, 0.2) is 0 Å². The smallest absolute Gasteiger partial charge is 0.322 e. The van der Waals surface area contributed by atoms with Crippen molar-refractivity contribution in [1.82, 2.24) is 0 Å². The summed E-state index contributed by atoms with van der Waals surface area (Å²) in [5, 5.41) is 0. The van der Waals surface area contributed by atoms with E-state index in [1.807, 2.05) is 0 Å². The van der Waals surface area contributed by atoms with Crippen molar-refractivity contribution < 1.29 is 27.8 Å². The van der Waals surface area contributed by atoms with E-state index in [0.717, 1.165) is 0 Å². The molecule has 0 aliphatic rings. The Hall–Kier alpha value is -1.24. The van der Waals surface area contributed by atoms with Gasteiger partial charge in [0.15, 0.2) is 0 Å². The van der Waals surface area contributed by atoms with Crippen LogP contribution >= 0.6 is 0 Å². The van der Waals surface area contributed by atoms with E-state index < -0.39 is 31.3 Å². The van der Waals surface area contributed by atoms with E-state index in [1.54, 1.807) is 0 Å². The SMILES string of the molecule is N[C@@H](CCC(=O)OCCCF)C(=O)OCCCF. The molecule has 1 atom stereocenters. The van der Waals surface area contributed by atoms with Gasteiger partial charge in [0, 0.05) is 19.3 Å². The fourth-order valence-corrected chi connectivity index (χ4v) is 1.04. The normalized spacial score (nSPS) is 11.9. The van der Waals surface area contributed by atoms with E-state index in [2.05, 4.69) is 9.47 Å². The zero-order chi connectivity index (χ0) is 13.8. The minimum absolute atomic E-state index is 0.0194. The molecule has 5 nitrogen and oxygen atoms in total. The van der Waals surface area contributed by atoms with Gasteiger partial charge >= 0.3 is 11.9 Å². The molecule has 0 unspecified atom stereocenters. The number of halogens is 2. The van der Waals surface area contributed by atoms with Gasteiger partial charge in [-0.15, -0.1) is 0 Å². The summed E-state index contributed by atoms with van der Waals surface area (Å²) in [7, 11) is 0. The van der Waals surface area contributed by atoms with Gasteiger partial charge in [0.25, 0.3) is 0 Å². The predicted octanol–water partition coefficient (Wildman–Crippen LogP) is 0.899. The zero-order valence-corrected chi connectivity index (χ0v) is 10.2. The molecule has 0 aromatic carbocycles.